The monoisotopic (exact) mass is 557 g/mol. The third kappa shape index (κ3) is 9.25. The molecule has 4 rings (SSSR count). The van der Waals surface area contributed by atoms with Gasteiger partial charge >= 0.3 is 17.9 Å². The van der Waals surface area contributed by atoms with Crippen LogP contribution in [0, 0.1) is 0 Å². The van der Waals surface area contributed by atoms with Crippen molar-refractivity contribution in [3.05, 3.63) is 114 Å². The average Bonchev–Trinajstić information content (AvgIpc) is 2.94. The molecule has 0 radical (unpaired) electrons. The number of carbonyl (C=O) groups is 4. The second kappa shape index (κ2) is 14.5. The van der Waals surface area contributed by atoms with E-state index in [1.165, 1.54) is 32.0 Å². The van der Waals surface area contributed by atoms with E-state index in [1.54, 1.807) is 78.9 Å². The number of hydrogen-bond donors (Lipinski definition) is 3. The lowest BCUT2D eigenvalue weighted by atomic mass is 10.2. The maximum absolute atomic E-state index is 12.2. The first-order valence-corrected chi connectivity index (χ1v) is 12.2. The van der Waals surface area contributed by atoms with Gasteiger partial charge < -0.3 is 29.7 Å². The Balaban J connectivity index is 0.000000232. The van der Waals surface area contributed by atoms with Crippen LogP contribution in [0.5, 0.6) is 23.0 Å². The van der Waals surface area contributed by atoms with Gasteiger partial charge in [0.15, 0.2) is 0 Å². The van der Waals surface area contributed by atoms with Crippen LogP contribution in [-0.2, 0) is 16.2 Å². The Labute approximate surface area is 235 Å². The molecule has 4 aromatic carbocycles. The molecule has 0 aliphatic carbocycles. The Morgan fingerprint density at radius 1 is 0.707 bits per heavy atom. The predicted octanol–water partition coefficient (Wildman–Crippen LogP) is 5.46. The van der Waals surface area contributed by atoms with Crippen molar-refractivity contribution in [2.45, 2.75) is 20.5 Å². The van der Waals surface area contributed by atoms with Gasteiger partial charge in [0.05, 0.1) is 0 Å². The molecule has 0 unspecified atom stereocenters. The number of carboxylic acid groups (broad SMARTS) is 1. The van der Waals surface area contributed by atoms with E-state index in [2.05, 4.69) is 5.32 Å². The Morgan fingerprint density at radius 3 is 1.90 bits per heavy atom. The van der Waals surface area contributed by atoms with Gasteiger partial charge in [-0.25, -0.2) is 9.59 Å². The van der Waals surface area contributed by atoms with Gasteiger partial charge in [-0.3, -0.25) is 9.59 Å². The van der Waals surface area contributed by atoms with Gasteiger partial charge in [-0.2, -0.15) is 0 Å². The number of anilines is 1. The minimum atomic E-state index is -1.04. The van der Waals surface area contributed by atoms with Gasteiger partial charge in [0.2, 0.25) is 5.91 Å². The lowest BCUT2D eigenvalue weighted by Crippen LogP contribution is -2.12. The van der Waals surface area contributed by atoms with Crippen molar-refractivity contribution in [2.75, 3.05) is 5.32 Å². The number of phenolic OH excluding ortho intramolecular Hbond substituents is 1. The summed E-state index contributed by atoms with van der Waals surface area (Å²) in [6.45, 7) is 2.78. The van der Waals surface area contributed by atoms with Crippen LogP contribution in [0.1, 0.15) is 40.1 Å². The zero-order valence-corrected chi connectivity index (χ0v) is 22.2. The van der Waals surface area contributed by atoms with Gasteiger partial charge in [-0.1, -0.05) is 42.5 Å². The molecule has 1 amide bonds. The summed E-state index contributed by atoms with van der Waals surface area (Å²) in [7, 11) is 0. The predicted molar refractivity (Wildman–Crippen MR) is 149 cm³/mol. The van der Waals surface area contributed by atoms with Crippen molar-refractivity contribution in [3.8, 4) is 23.0 Å². The third-order valence-corrected chi connectivity index (χ3v) is 5.24. The molecular formula is C31H27NO9. The molecule has 0 aromatic heterocycles. The van der Waals surface area contributed by atoms with Crippen molar-refractivity contribution < 1.29 is 43.6 Å². The summed E-state index contributed by atoms with van der Waals surface area (Å²) in [5.74, 6) is -1.54. The molecule has 0 bridgehead atoms. The number of carboxylic acids is 1. The maximum atomic E-state index is 12.2. The number of phenols is 1. The highest BCUT2D eigenvalue weighted by Crippen LogP contribution is 2.23. The van der Waals surface area contributed by atoms with E-state index >= 15 is 0 Å². The lowest BCUT2D eigenvalue weighted by Gasteiger charge is -2.09. The first-order chi connectivity index (χ1) is 19.6. The molecule has 0 fully saturated rings. The highest BCUT2D eigenvalue weighted by molar-refractivity contribution is 5.95. The summed E-state index contributed by atoms with van der Waals surface area (Å²) in [5.41, 5.74) is 1.46. The van der Waals surface area contributed by atoms with E-state index in [-0.39, 0.29) is 40.9 Å². The molecule has 0 saturated heterocycles. The second-order valence-electron chi connectivity index (χ2n) is 8.40. The van der Waals surface area contributed by atoms with Crippen molar-refractivity contribution in [1.29, 1.82) is 0 Å². The minimum absolute atomic E-state index is 0.105. The molecule has 3 N–H and O–H groups in total. The van der Waals surface area contributed by atoms with Crippen LogP contribution < -0.4 is 19.5 Å². The average molecular weight is 558 g/mol. The number of rotatable bonds is 8. The molecule has 0 atom stereocenters. The molecule has 10 heteroatoms. The van der Waals surface area contributed by atoms with Crippen LogP contribution in [0.4, 0.5) is 5.69 Å². The molecule has 0 heterocycles. The van der Waals surface area contributed by atoms with E-state index < -0.39 is 17.9 Å². The van der Waals surface area contributed by atoms with Gasteiger partial charge in [0.25, 0.3) is 0 Å². The van der Waals surface area contributed by atoms with E-state index in [4.69, 9.17) is 19.3 Å². The van der Waals surface area contributed by atoms with Crippen LogP contribution in [0.3, 0.4) is 0 Å². The number of aromatic carboxylic acids is 1. The van der Waals surface area contributed by atoms with Gasteiger partial charge in [-0.15, -0.1) is 0 Å². The molecule has 10 nitrogen and oxygen atoms in total. The summed E-state index contributed by atoms with van der Waals surface area (Å²) in [6.07, 6.45) is 0. The van der Waals surface area contributed by atoms with Gasteiger partial charge in [-0.05, 0) is 54.6 Å². The van der Waals surface area contributed by atoms with Crippen LogP contribution in [0.15, 0.2) is 97.1 Å². The summed E-state index contributed by atoms with van der Waals surface area (Å²) in [4.78, 5) is 45.2. The fraction of sp³-hybridized carbons (Fsp3) is 0.0968. The third-order valence-electron chi connectivity index (χ3n) is 5.24. The van der Waals surface area contributed by atoms with E-state index in [1.807, 2.05) is 0 Å². The summed E-state index contributed by atoms with van der Waals surface area (Å²) < 4.78 is 15.6. The smallest absolute Gasteiger partial charge is 0.347 e. The molecule has 0 spiro atoms. The molecule has 0 saturated carbocycles. The number of para-hydroxylation sites is 3. The number of ether oxygens (including phenoxy) is 3. The first-order valence-electron chi connectivity index (χ1n) is 12.2. The molecule has 41 heavy (non-hydrogen) atoms. The first kappa shape index (κ1) is 29.9. The Morgan fingerprint density at radius 2 is 1.29 bits per heavy atom. The van der Waals surface area contributed by atoms with Crippen molar-refractivity contribution >= 4 is 29.5 Å². The summed E-state index contributed by atoms with van der Waals surface area (Å²) in [5, 5.41) is 21.2. The van der Waals surface area contributed by atoms with Crippen molar-refractivity contribution in [1.82, 2.24) is 0 Å². The highest BCUT2D eigenvalue weighted by Gasteiger charge is 2.16. The quantitative estimate of drug-likeness (QED) is 0.190. The van der Waals surface area contributed by atoms with E-state index in [0.717, 1.165) is 0 Å². The van der Waals surface area contributed by atoms with Crippen LogP contribution in [0.2, 0.25) is 0 Å². The number of nitrogens with one attached hydrogen (secondary N) is 1. The standard InChI is InChI=1S/C17H15NO5.C14H12O4/c1-11(19)18-13-7-9-14(10-8-13)23-17(21)15-5-3-4-6-16(15)22-12(2)20;15-12-7-3-1-5-10(12)9-18-13-8-4-2-6-11(13)14(16)17/h3-10H,1-2H3,(H,18,19);1-8,15H,9H2,(H,16,17). The largest absolute Gasteiger partial charge is 0.508 e. The lowest BCUT2D eigenvalue weighted by molar-refractivity contribution is -0.131. The SMILES string of the molecule is CC(=O)Nc1ccc(OC(=O)c2ccccc2OC(C)=O)cc1.O=C(O)c1ccccc1OCc1ccccc1O. The number of amides is 1. The zero-order chi connectivity index (χ0) is 29.8. The molecule has 4 aromatic rings. The van der Waals surface area contributed by atoms with Crippen LogP contribution >= 0.6 is 0 Å². The van der Waals surface area contributed by atoms with E-state index in [9.17, 15) is 24.3 Å². The summed E-state index contributed by atoms with van der Waals surface area (Å²) >= 11 is 0. The normalized spacial score (nSPS) is 9.90. The highest BCUT2D eigenvalue weighted by atomic mass is 16.5. The maximum Gasteiger partial charge on any atom is 0.347 e. The summed E-state index contributed by atoms with van der Waals surface area (Å²) in [6, 6.07) is 25.8. The van der Waals surface area contributed by atoms with Gasteiger partial charge in [0, 0.05) is 25.1 Å². The van der Waals surface area contributed by atoms with E-state index in [0.29, 0.717) is 17.0 Å². The molecular weight excluding hydrogens is 530 g/mol. The Hall–Kier alpha value is -5.64. The zero-order valence-electron chi connectivity index (χ0n) is 22.2. The van der Waals surface area contributed by atoms with Gasteiger partial charge in [0.1, 0.15) is 40.7 Å². The number of carbonyl (C=O) groups excluding carboxylic acids is 3. The molecule has 210 valence electrons. The number of benzene rings is 4. The Bertz CT molecular complexity index is 1530. The Kier molecular flexibility index (Phi) is 10.6. The topological polar surface area (TPSA) is 148 Å². The van der Waals surface area contributed by atoms with Crippen LogP contribution in [-0.4, -0.2) is 34.0 Å². The fourth-order valence-corrected chi connectivity index (χ4v) is 3.41. The number of esters is 2. The number of hydrogen-bond acceptors (Lipinski definition) is 8. The fourth-order valence-electron chi connectivity index (χ4n) is 3.41. The second-order valence-corrected chi connectivity index (χ2v) is 8.40. The minimum Gasteiger partial charge on any atom is -0.508 e. The van der Waals surface area contributed by atoms with Crippen molar-refractivity contribution in [3.63, 3.8) is 0 Å². The molecule has 0 aliphatic rings. The van der Waals surface area contributed by atoms with Crippen molar-refractivity contribution in [2.24, 2.45) is 0 Å². The molecule has 0 aliphatic heterocycles. The number of aromatic hydroxyl groups is 1. The van der Waals surface area contributed by atoms with Crippen LogP contribution in [0.25, 0.3) is 0 Å².